The predicted octanol–water partition coefficient (Wildman–Crippen LogP) is 3.08. The summed E-state index contributed by atoms with van der Waals surface area (Å²) in [5, 5.41) is 6.75. The largest absolute Gasteiger partial charge is 0.370 e. The molecule has 5 heteroatoms. The molecule has 102 valence electrons. The van der Waals surface area contributed by atoms with Gasteiger partial charge in [0, 0.05) is 18.7 Å². The van der Waals surface area contributed by atoms with E-state index in [1.807, 2.05) is 18.7 Å². The van der Waals surface area contributed by atoms with Gasteiger partial charge in [-0.2, -0.15) is 11.8 Å². The van der Waals surface area contributed by atoms with Gasteiger partial charge in [0.15, 0.2) is 0 Å². The number of hydrogen-bond donors (Lipinski definition) is 2. The average Bonchev–Trinajstić information content (AvgIpc) is 2.36. The lowest BCUT2D eigenvalue weighted by Crippen LogP contribution is -2.11. The van der Waals surface area contributed by atoms with E-state index in [0.29, 0.717) is 0 Å². The number of anilines is 2. The van der Waals surface area contributed by atoms with Gasteiger partial charge in [0.25, 0.3) is 0 Å². The van der Waals surface area contributed by atoms with Crippen LogP contribution in [0.2, 0.25) is 0 Å². The SMILES string of the molecule is CCCNc1nc(C)nc(NCCCSC)c1C. The van der Waals surface area contributed by atoms with Gasteiger partial charge in [-0.1, -0.05) is 6.92 Å². The summed E-state index contributed by atoms with van der Waals surface area (Å²) in [6, 6.07) is 0. The molecular formula is C13H24N4S. The normalized spacial score (nSPS) is 10.4. The molecule has 0 fully saturated rings. The molecule has 0 spiro atoms. The molecule has 1 aromatic heterocycles. The van der Waals surface area contributed by atoms with Crippen molar-refractivity contribution in [3.63, 3.8) is 0 Å². The zero-order valence-electron chi connectivity index (χ0n) is 11.8. The molecule has 0 aliphatic heterocycles. The van der Waals surface area contributed by atoms with Crippen molar-refractivity contribution >= 4 is 23.4 Å². The molecule has 0 aromatic carbocycles. The highest BCUT2D eigenvalue weighted by atomic mass is 32.2. The minimum absolute atomic E-state index is 0.812. The molecule has 0 saturated heterocycles. The Morgan fingerprint density at radius 2 is 1.67 bits per heavy atom. The molecular weight excluding hydrogens is 244 g/mol. The monoisotopic (exact) mass is 268 g/mol. The molecule has 0 radical (unpaired) electrons. The Balaban J connectivity index is 2.68. The van der Waals surface area contributed by atoms with Gasteiger partial charge in [0.05, 0.1) is 0 Å². The van der Waals surface area contributed by atoms with Crippen LogP contribution in [0.1, 0.15) is 31.2 Å². The maximum atomic E-state index is 4.47. The molecule has 2 N–H and O–H groups in total. The third-order valence-electron chi connectivity index (χ3n) is 2.62. The van der Waals surface area contributed by atoms with Crippen molar-refractivity contribution in [1.29, 1.82) is 0 Å². The van der Waals surface area contributed by atoms with Crippen molar-refractivity contribution < 1.29 is 0 Å². The van der Waals surface area contributed by atoms with Crippen LogP contribution in [0.15, 0.2) is 0 Å². The second kappa shape index (κ2) is 8.19. The van der Waals surface area contributed by atoms with Gasteiger partial charge in [-0.25, -0.2) is 9.97 Å². The van der Waals surface area contributed by atoms with E-state index in [1.54, 1.807) is 0 Å². The first kappa shape index (κ1) is 15.1. The highest BCUT2D eigenvalue weighted by Gasteiger charge is 2.07. The van der Waals surface area contributed by atoms with E-state index in [4.69, 9.17) is 0 Å². The molecule has 1 aromatic rings. The Morgan fingerprint density at radius 3 is 2.22 bits per heavy atom. The first-order valence-electron chi connectivity index (χ1n) is 6.51. The number of hydrogen-bond acceptors (Lipinski definition) is 5. The maximum absolute atomic E-state index is 4.47. The quantitative estimate of drug-likeness (QED) is 0.710. The van der Waals surface area contributed by atoms with Crippen LogP contribution in [0.25, 0.3) is 0 Å². The number of aromatic nitrogens is 2. The summed E-state index contributed by atoms with van der Waals surface area (Å²) in [6.45, 7) is 8.06. The molecule has 0 atom stereocenters. The molecule has 4 nitrogen and oxygen atoms in total. The Morgan fingerprint density at radius 1 is 1.06 bits per heavy atom. The summed E-state index contributed by atoms with van der Waals surface area (Å²) in [7, 11) is 0. The topological polar surface area (TPSA) is 49.8 Å². The van der Waals surface area contributed by atoms with Gasteiger partial charge in [0.2, 0.25) is 0 Å². The van der Waals surface area contributed by atoms with Gasteiger partial charge in [-0.3, -0.25) is 0 Å². The van der Waals surface area contributed by atoms with E-state index < -0.39 is 0 Å². The third kappa shape index (κ3) is 4.72. The van der Waals surface area contributed by atoms with Crippen LogP contribution >= 0.6 is 11.8 Å². The van der Waals surface area contributed by atoms with Crippen LogP contribution in [0, 0.1) is 13.8 Å². The van der Waals surface area contributed by atoms with E-state index in [-0.39, 0.29) is 0 Å². The van der Waals surface area contributed by atoms with E-state index in [9.17, 15) is 0 Å². The Kier molecular flexibility index (Phi) is 6.86. The van der Waals surface area contributed by atoms with Crippen LogP contribution in [-0.4, -0.2) is 35.1 Å². The summed E-state index contributed by atoms with van der Waals surface area (Å²) < 4.78 is 0. The molecule has 0 aliphatic rings. The number of nitrogens with zero attached hydrogens (tertiary/aromatic N) is 2. The van der Waals surface area contributed by atoms with Crippen LogP contribution in [0.3, 0.4) is 0 Å². The minimum Gasteiger partial charge on any atom is -0.370 e. The number of nitrogens with one attached hydrogen (secondary N) is 2. The third-order valence-corrected chi connectivity index (χ3v) is 3.31. The van der Waals surface area contributed by atoms with Gasteiger partial charge in [-0.15, -0.1) is 0 Å². The molecule has 1 heterocycles. The van der Waals surface area contributed by atoms with Gasteiger partial charge in [-0.05, 0) is 38.7 Å². The van der Waals surface area contributed by atoms with E-state index in [2.05, 4.69) is 40.7 Å². The van der Waals surface area contributed by atoms with Crippen LogP contribution < -0.4 is 10.6 Å². The lowest BCUT2D eigenvalue weighted by Gasteiger charge is -2.13. The highest BCUT2D eigenvalue weighted by Crippen LogP contribution is 2.19. The van der Waals surface area contributed by atoms with Crippen LogP contribution in [0.5, 0.6) is 0 Å². The fraction of sp³-hybridized carbons (Fsp3) is 0.692. The summed E-state index contributed by atoms with van der Waals surface area (Å²) >= 11 is 1.87. The van der Waals surface area contributed by atoms with Crippen LogP contribution in [0.4, 0.5) is 11.6 Å². The first-order chi connectivity index (χ1) is 8.69. The summed E-state index contributed by atoms with van der Waals surface area (Å²) in [6.07, 6.45) is 4.38. The molecule has 0 amide bonds. The van der Waals surface area contributed by atoms with Crippen LogP contribution in [-0.2, 0) is 0 Å². The van der Waals surface area contributed by atoms with E-state index in [1.165, 1.54) is 5.75 Å². The Bertz CT molecular complexity index is 368. The van der Waals surface area contributed by atoms with Gasteiger partial charge >= 0.3 is 0 Å². The van der Waals surface area contributed by atoms with Crippen molar-refractivity contribution in [2.45, 2.75) is 33.6 Å². The fourth-order valence-electron chi connectivity index (χ4n) is 1.64. The van der Waals surface area contributed by atoms with E-state index in [0.717, 1.165) is 49.0 Å². The molecule has 0 unspecified atom stereocenters. The molecule has 1 rings (SSSR count). The maximum Gasteiger partial charge on any atom is 0.134 e. The number of aryl methyl sites for hydroxylation is 1. The van der Waals surface area contributed by atoms with Crippen molar-refractivity contribution in [3.05, 3.63) is 11.4 Å². The predicted molar refractivity (Wildman–Crippen MR) is 81.8 cm³/mol. The lowest BCUT2D eigenvalue weighted by atomic mass is 10.3. The van der Waals surface area contributed by atoms with Gasteiger partial charge < -0.3 is 10.6 Å². The molecule has 18 heavy (non-hydrogen) atoms. The summed E-state index contributed by atoms with van der Waals surface area (Å²) in [4.78, 5) is 8.92. The van der Waals surface area contributed by atoms with Gasteiger partial charge in [0.1, 0.15) is 17.5 Å². The second-order valence-electron chi connectivity index (χ2n) is 4.29. The lowest BCUT2D eigenvalue weighted by molar-refractivity contribution is 0.931. The smallest absolute Gasteiger partial charge is 0.134 e. The van der Waals surface area contributed by atoms with E-state index >= 15 is 0 Å². The van der Waals surface area contributed by atoms with Crippen molar-refractivity contribution in [2.75, 3.05) is 35.7 Å². The van der Waals surface area contributed by atoms with Crippen molar-refractivity contribution in [3.8, 4) is 0 Å². The molecule has 0 saturated carbocycles. The van der Waals surface area contributed by atoms with Crippen molar-refractivity contribution in [1.82, 2.24) is 9.97 Å². The molecule has 0 aliphatic carbocycles. The van der Waals surface area contributed by atoms with Crippen molar-refractivity contribution in [2.24, 2.45) is 0 Å². The summed E-state index contributed by atoms with van der Waals surface area (Å²) in [5.74, 6) is 3.90. The summed E-state index contributed by atoms with van der Waals surface area (Å²) in [5.41, 5.74) is 1.11. The average molecular weight is 268 g/mol. The highest BCUT2D eigenvalue weighted by molar-refractivity contribution is 7.98. The zero-order valence-corrected chi connectivity index (χ0v) is 12.7. The fourth-order valence-corrected chi connectivity index (χ4v) is 2.07. The first-order valence-corrected chi connectivity index (χ1v) is 7.90. The second-order valence-corrected chi connectivity index (χ2v) is 5.28. The number of thioether (sulfide) groups is 1. The minimum atomic E-state index is 0.812. The molecule has 0 bridgehead atoms. The Hall–Kier alpha value is -0.970. The Labute approximate surface area is 114 Å². The standard InChI is InChI=1S/C13H24N4S/c1-5-7-14-12-10(2)13(17-11(3)16-12)15-8-6-9-18-4/h5-9H2,1-4H3,(H2,14,15,16,17). The zero-order chi connectivity index (χ0) is 13.4. The number of rotatable bonds is 8.